The molecule has 0 N–H and O–H groups in total. The molecule has 1 aromatic rings. The molecule has 0 aliphatic carbocycles. The van der Waals surface area contributed by atoms with Crippen molar-refractivity contribution in [1.29, 1.82) is 0 Å². The van der Waals surface area contributed by atoms with Crippen LogP contribution in [-0.4, -0.2) is 31.1 Å². The van der Waals surface area contributed by atoms with E-state index in [9.17, 15) is 0 Å². The van der Waals surface area contributed by atoms with Crippen molar-refractivity contribution in [3.8, 4) is 5.75 Å². The molecule has 0 saturated carbocycles. The van der Waals surface area contributed by atoms with Gasteiger partial charge in [0.25, 0.3) is 0 Å². The maximum Gasteiger partial charge on any atom is 0.119 e. The van der Waals surface area contributed by atoms with Gasteiger partial charge in [0.05, 0.1) is 6.61 Å². The first kappa shape index (κ1) is 15.7. The molecule has 1 saturated heterocycles. The van der Waals surface area contributed by atoms with Crippen LogP contribution in [0.1, 0.15) is 43.2 Å². The molecule has 2 rings (SSSR count). The van der Waals surface area contributed by atoms with Crippen molar-refractivity contribution in [2.75, 3.05) is 26.2 Å². The molecule has 1 aromatic carbocycles. The Morgan fingerprint density at radius 1 is 1.05 bits per heavy atom. The minimum atomic E-state index is 0.800. The van der Waals surface area contributed by atoms with E-state index in [0.29, 0.717) is 0 Å². The van der Waals surface area contributed by atoms with Gasteiger partial charge >= 0.3 is 0 Å². The normalized spacial score (nSPS) is 16.4. The molecule has 1 heterocycles. The van der Waals surface area contributed by atoms with E-state index in [1.165, 1.54) is 45.3 Å². The molecule has 0 spiro atoms. The lowest BCUT2D eigenvalue weighted by Gasteiger charge is -2.26. The minimum absolute atomic E-state index is 0.800. The molecular formula is C17H26ClNO. The predicted octanol–water partition coefficient (Wildman–Crippen LogP) is 4.60. The summed E-state index contributed by atoms with van der Waals surface area (Å²) in [5, 5.41) is 0.849. The van der Waals surface area contributed by atoms with Crippen LogP contribution >= 0.6 is 11.6 Å². The van der Waals surface area contributed by atoms with Crippen LogP contribution in [0, 0.1) is 13.8 Å². The number of halogens is 1. The van der Waals surface area contributed by atoms with Gasteiger partial charge in [0.15, 0.2) is 0 Å². The number of hydrogen-bond donors (Lipinski definition) is 0. The van der Waals surface area contributed by atoms with Crippen LogP contribution in [0.3, 0.4) is 0 Å². The van der Waals surface area contributed by atoms with Gasteiger partial charge in [0.1, 0.15) is 5.75 Å². The average molecular weight is 296 g/mol. The number of hydrogen-bond acceptors (Lipinski definition) is 2. The summed E-state index contributed by atoms with van der Waals surface area (Å²) in [6, 6.07) is 4.06. The second-order valence-electron chi connectivity index (χ2n) is 5.83. The number of unbranched alkanes of at least 4 members (excludes halogenated alkanes) is 1. The van der Waals surface area contributed by atoms with Gasteiger partial charge in [0.2, 0.25) is 0 Å². The summed E-state index contributed by atoms with van der Waals surface area (Å²) < 4.78 is 5.83. The lowest BCUT2D eigenvalue weighted by molar-refractivity contribution is 0.216. The van der Waals surface area contributed by atoms with E-state index in [0.717, 1.165) is 34.9 Å². The van der Waals surface area contributed by atoms with Crippen LogP contribution < -0.4 is 4.74 Å². The molecule has 20 heavy (non-hydrogen) atoms. The van der Waals surface area contributed by atoms with Gasteiger partial charge in [-0.3, -0.25) is 0 Å². The van der Waals surface area contributed by atoms with E-state index in [1.54, 1.807) is 0 Å². The van der Waals surface area contributed by atoms with Gasteiger partial charge < -0.3 is 9.64 Å². The zero-order valence-electron chi connectivity index (χ0n) is 12.8. The van der Waals surface area contributed by atoms with Gasteiger partial charge in [-0.15, -0.1) is 0 Å². The van der Waals surface area contributed by atoms with Crippen molar-refractivity contribution >= 4 is 11.6 Å². The Morgan fingerprint density at radius 3 is 2.35 bits per heavy atom. The smallest absolute Gasteiger partial charge is 0.119 e. The summed E-state index contributed by atoms with van der Waals surface area (Å²) in [6.07, 6.45) is 6.51. The van der Waals surface area contributed by atoms with E-state index in [1.807, 2.05) is 26.0 Å². The summed E-state index contributed by atoms with van der Waals surface area (Å²) in [4.78, 5) is 2.58. The topological polar surface area (TPSA) is 12.5 Å². The second kappa shape index (κ2) is 7.90. The molecule has 112 valence electrons. The first-order chi connectivity index (χ1) is 9.66. The van der Waals surface area contributed by atoms with Gasteiger partial charge in [-0.1, -0.05) is 18.0 Å². The molecule has 0 unspecified atom stereocenters. The monoisotopic (exact) mass is 295 g/mol. The van der Waals surface area contributed by atoms with Crippen molar-refractivity contribution in [2.45, 2.75) is 46.0 Å². The van der Waals surface area contributed by atoms with Crippen LogP contribution in [0.25, 0.3) is 0 Å². The fraction of sp³-hybridized carbons (Fsp3) is 0.647. The summed E-state index contributed by atoms with van der Waals surface area (Å²) in [5.74, 6) is 0.947. The van der Waals surface area contributed by atoms with Crippen LogP contribution in [0.15, 0.2) is 12.1 Å². The Morgan fingerprint density at radius 2 is 1.70 bits per heavy atom. The molecule has 0 radical (unpaired) electrons. The third kappa shape index (κ3) is 4.68. The highest BCUT2D eigenvalue weighted by Gasteiger charge is 2.09. The molecule has 1 aliphatic heterocycles. The molecule has 0 aromatic heterocycles. The summed E-state index contributed by atoms with van der Waals surface area (Å²) in [7, 11) is 0. The fourth-order valence-electron chi connectivity index (χ4n) is 2.80. The van der Waals surface area contributed by atoms with Crippen LogP contribution in [0.2, 0.25) is 5.02 Å². The van der Waals surface area contributed by atoms with E-state index in [-0.39, 0.29) is 0 Å². The second-order valence-corrected chi connectivity index (χ2v) is 6.21. The Kier molecular flexibility index (Phi) is 6.18. The highest BCUT2D eigenvalue weighted by atomic mass is 35.5. The zero-order valence-corrected chi connectivity index (χ0v) is 13.5. The van der Waals surface area contributed by atoms with Crippen molar-refractivity contribution in [1.82, 2.24) is 4.90 Å². The first-order valence-corrected chi connectivity index (χ1v) is 8.16. The van der Waals surface area contributed by atoms with Gasteiger partial charge in [-0.25, -0.2) is 0 Å². The molecular weight excluding hydrogens is 270 g/mol. The van der Waals surface area contributed by atoms with Crippen molar-refractivity contribution in [2.24, 2.45) is 0 Å². The average Bonchev–Trinajstić information content (AvgIpc) is 2.45. The van der Waals surface area contributed by atoms with Gasteiger partial charge in [0, 0.05) is 5.02 Å². The minimum Gasteiger partial charge on any atom is -0.494 e. The van der Waals surface area contributed by atoms with E-state index < -0.39 is 0 Å². The Balaban J connectivity index is 1.65. The molecule has 1 fully saturated rings. The highest BCUT2D eigenvalue weighted by molar-refractivity contribution is 6.32. The van der Waals surface area contributed by atoms with Crippen LogP contribution in [-0.2, 0) is 0 Å². The third-order valence-corrected chi connectivity index (χ3v) is 4.59. The molecule has 0 amide bonds. The predicted molar refractivity (Wildman–Crippen MR) is 85.9 cm³/mol. The van der Waals surface area contributed by atoms with Gasteiger partial charge in [-0.2, -0.15) is 0 Å². The summed E-state index contributed by atoms with van der Waals surface area (Å²) in [5.41, 5.74) is 2.19. The number of piperidine rings is 1. The van der Waals surface area contributed by atoms with E-state index in [2.05, 4.69) is 4.90 Å². The maximum absolute atomic E-state index is 6.16. The Bertz CT molecular complexity index is 404. The van der Waals surface area contributed by atoms with E-state index in [4.69, 9.17) is 16.3 Å². The quantitative estimate of drug-likeness (QED) is 0.711. The SMILES string of the molecule is Cc1cc(OCCCCN2CCCCC2)cc(C)c1Cl. The molecule has 2 nitrogen and oxygen atoms in total. The summed E-state index contributed by atoms with van der Waals surface area (Å²) in [6.45, 7) is 8.65. The molecule has 0 atom stereocenters. The van der Waals surface area contributed by atoms with Crippen molar-refractivity contribution < 1.29 is 4.74 Å². The number of nitrogens with zero attached hydrogens (tertiary/aromatic N) is 1. The largest absolute Gasteiger partial charge is 0.494 e. The lowest BCUT2D eigenvalue weighted by Crippen LogP contribution is -2.30. The molecule has 1 aliphatic rings. The number of rotatable bonds is 6. The Hall–Kier alpha value is -0.730. The zero-order chi connectivity index (χ0) is 14.4. The van der Waals surface area contributed by atoms with Crippen LogP contribution in [0.5, 0.6) is 5.75 Å². The number of aryl methyl sites for hydroxylation is 2. The van der Waals surface area contributed by atoms with E-state index >= 15 is 0 Å². The number of likely N-dealkylation sites (tertiary alicyclic amines) is 1. The van der Waals surface area contributed by atoms with Gasteiger partial charge in [-0.05, 0) is 82.4 Å². The molecule has 0 bridgehead atoms. The fourth-order valence-corrected chi connectivity index (χ4v) is 2.91. The molecule has 3 heteroatoms. The summed E-state index contributed by atoms with van der Waals surface area (Å²) >= 11 is 6.16. The Labute approximate surface area is 128 Å². The first-order valence-electron chi connectivity index (χ1n) is 7.79. The standard InChI is InChI=1S/C17H26ClNO/c1-14-12-16(13-15(2)17(14)18)20-11-7-6-10-19-8-4-3-5-9-19/h12-13H,3-11H2,1-2H3. The highest BCUT2D eigenvalue weighted by Crippen LogP contribution is 2.25. The van der Waals surface area contributed by atoms with Crippen molar-refractivity contribution in [3.05, 3.63) is 28.3 Å². The number of benzene rings is 1. The third-order valence-electron chi connectivity index (χ3n) is 4.00. The lowest BCUT2D eigenvalue weighted by atomic mass is 10.1. The van der Waals surface area contributed by atoms with Crippen molar-refractivity contribution in [3.63, 3.8) is 0 Å². The van der Waals surface area contributed by atoms with Crippen LogP contribution in [0.4, 0.5) is 0 Å². The number of ether oxygens (including phenoxy) is 1. The maximum atomic E-state index is 6.16.